The van der Waals surface area contributed by atoms with Gasteiger partial charge >= 0.3 is 18.2 Å². The third kappa shape index (κ3) is 6.88. The van der Waals surface area contributed by atoms with Crippen molar-refractivity contribution in [1.82, 2.24) is 0 Å². The van der Waals surface area contributed by atoms with Crippen LogP contribution >= 0.6 is 18.1 Å². The van der Waals surface area contributed by atoms with Crippen LogP contribution in [0.15, 0.2) is 24.3 Å². The van der Waals surface area contributed by atoms with Crippen molar-refractivity contribution < 1.29 is 4.39 Å². The Hall–Kier alpha value is 0.496. The predicted octanol–water partition coefficient (Wildman–Crippen LogP) is 3.01. The Bertz CT molecular complexity index is 188. The summed E-state index contributed by atoms with van der Waals surface area (Å²) >= 11 is -0.639. The van der Waals surface area contributed by atoms with Gasteiger partial charge in [0.05, 0.1) is 0 Å². The quantitative estimate of drug-likeness (QED) is 0.570. The van der Waals surface area contributed by atoms with Gasteiger partial charge in [0.25, 0.3) is 0 Å². The standard InChI is InChI=1S/C7H6F.2ClH.Mg/c1-6-3-2-4-7(8)5-6;;;/h2-5H,1H2;2*1H;/q;;;+2/p-2. The Kier molecular flexibility index (Phi) is 7.48. The van der Waals surface area contributed by atoms with Crippen LogP contribution in [-0.2, 0) is 0 Å². The van der Waals surface area contributed by atoms with Gasteiger partial charge in [-0.1, -0.05) is 12.1 Å². The van der Waals surface area contributed by atoms with E-state index >= 15 is 0 Å². The Morgan fingerprint density at radius 2 is 1.91 bits per heavy atom. The van der Waals surface area contributed by atoms with E-state index in [0.29, 0.717) is 5.56 Å². The molecule has 0 saturated heterocycles. The monoisotopic (exact) mass is 203 g/mol. The molecule has 0 spiro atoms. The average molecular weight is 204 g/mol. The van der Waals surface area contributed by atoms with E-state index < -0.39 is 18.2 Å². The second kappa shape index (κ2) is 7.16. The number of halogens is 3. The van der Waals surface area contributed by atoms with E-state index in [-0.39, 0.29) is 5.82 Å². The SMILES string of the molecule is [CH2]c1cccc(F)c1.[Cl][Mg][Cl]. The first kappa shape index (κ1) is 11.5. The van der Waals surface area contributed by atoms with Crippen LogP contribution in [0.25, 0.3) is 0 Å². The Balaban J connectivity index is 0.000000292. The van der Waals surface area contributed by atoms with Crippen LogP contribution in [0.3, 0.4) is 0 Å². The molecule has 1 radical (unpaired) electrons. The third-order valence-electron chi connectivity index (χ3n) is 0.889. The van der Waals surface area contributed by atoms with Crippen molar-refractivity contribution in [2.45, 2.75) is 0 Å². The van der Waals surface area contributed by atoms with Gasteiger partial charge in [-0.15, -0.1) is 0 Å². The highest BCUT2D eigenvalue weighted by atomic mass is 35.6. The molecule has 0 aromatic heterocycles. The summed E-state index contributed by atoms with van der Waals surface area (Å²) in [6.45, 7) is 3.54. The topological polar surface area (TPSA) is 0 Å². The molecule has 0 aliphatic carbocycles. The van der Waals surface area contributed by atoms with Gasteiger partial charge in [0, 0.05) is 0 Å². The van der Waals surface area contributed by atoms with Crippen molar-refractivity contribution in [1.29, 1.82) is 0 Å². The van der Waals surface area contributed by atoms with Gasteiger partial charge in [-0.25, -0.2) is 4.39 Å². The minimum absolute atomic E-state index is 0.225. The fourth-order valence-electron chi connectivity index (χ4n) is 0.537. The van der Waals surface area contributed by atoms with Gasteiger partial charge in [-0.2, -0.15) is 0 Å². The summed E-state index contributed by atoms with van der Waals surface area (Å²) in [5.41, 5.74) is 0.713. The number of benzene rings is 1. The minimum Gasteiger partial charge on any atom is -0.309 e. The summed E-state index contributed by atoms with van der Waals surface area (Å²) in [6, 6.07) is 6.18. The summed E-state index contributed by atoms with van der Waals surface area (Å²) in [6.07, 6.45) is 0. The molecule has 0 heterocycles. The lowest BCUT2D eigenvalue weighted by Crippen LogP contribution is -1.72. The lowest BCUT2D eigenvalue weighted by Gasteiger charge is -1.87. The van der Waals surface area contributed by atoms with Gasteiger partial charge in [0.2, 0.25) is 0 Å². The summed E-state index contributed by atoms with van der Waals surface area (Å²) in [7, 11) is 9.81. The molecule has 1 rings (SSSR count). The second-order valence-electron chi connectivity index (χ2n) is 1.73. The molecule has 1 aromatic rings. The maximum Gasteiger partial charge on any atom is 0.618 e. The summed E-state index contributed by atoms with van der Waals surface area (Å²) in [4.78, 5) is 0. The van der Waals surface area contributed by atoms with Crippen molar-refractivity contribution in [3.05, 3.63) is 42.6 Å². The van der Waals surface area contributed by atoms with Crippen LogP contribution in [0.4, 0.5) is 4.39 Å². The molecule has 4 heteroatoms. The van der Waals surface area contributed by atoms with Crippen LogP contribution in [0, 0.1) is 12.7 Å². The van der Waals surface area contributed by atoms with Crippen molar-refractivity contribution >= 4 is 36.3 Å². The normalized spacial score (nSPS) is 7.64. The lowest BCUT2D eigenvalue weighted by atomic mass is 10.2. The molecule has 1 aromatic carbocycles. The van der Waals surface area contributed by atoms with Gasteiger partial charge < -0.3 is 18.1 Å². The molecule has 0 aliphatic heterocycles. The molecule has 0 nitrogen and oxygen atoms in total. The van der Waals surface area contributed by atoms with E-state index in [1.54, 1.807) is 12.1 Å². The highest BCUT2D eigenvalue weighted by Gasteiger charge is 1.84. The maximum atomic E-state index is 12.1. The first-order valence-electron chi connectivity index (χ1n) is 2.90. The molecular formula is C7H6Cl2FMg. The molecule has 11 heavy (non-hydrogen) atoms. The average Bonchev–Trinajstić information content (AvgIpc) is 1.88. The van der Waals surface area contributed by atoms with E-state index in [0.717, 1.165) is 0 Å². The van der Waals surface area contributed by atoms with Crippen molar-refractivity contribution in [3.8, 4) is 0 Å². The van der Waals surface area contributed by atoms with Crippen LogP contribution in [-0.4, -0.2) is 18.2 Å². The molecule has 0 unspecified atom stereocenters. The summed E-state index contributed by atoms with van der Waals surface area (Å²) in [5, 5.41) is 0. The van der Waals surface area contributed by atoms with Crippen LogP contribution < -0.4 is 0 Å². The zero-order valence-corrected chi connectivity index (χ0v) is 8.78. The lowest BCUT2D eigenvalue weighted by molar-refractivity contribution is 0.627. The van der Waals surface area contributed by atoms with Crippen molar-refractivity contribution in [2.24, 2.45) is 0 Å². The van der Waals surface area contributed by atoms with E-state index in [1.807, 2.05) is 0 Å². The zero-order valence-electron chi connectivity index (χ0n) is 5.86. The highest BCUT2D eigenvalue weighted by molar-refractivity contribution is 7.22. The molecule has 0 bridgehead atoms. The van der Waals surface area contributed by atoms with Crippen LogP contribution in [0.2, 0.25) is 0 Å². The predicted molar refractivity (Wildman–Crippen MR) is 48.3 cm³/mol. The highest BCUT2D eigenvalue weighted by Crippen LogP contribution is 1.99. The Morgan fingerprint density at radius 1 is 1.36 bits per heavy atom. The molecule has 0 N–H and O–H groups in total. The molecular weight excluding hydrogens is 198 g/mol. The number of hydrogen-bond donors (Lipinski definition) is 0. The van der Waals surface area contributed by atoms with Crippen molar-refractivity contribution in [3.63, 3.8) is 0 Å². The largest absolute Gasteiger partial charge is 0.618 e. The van der Waals surface area contributed by atoms with Crippen LogP contribution in [0.1, 0.15) is 5.56 Å². The second-order valence-corrected chi connectivity index (χ2v) is 4.36. The third-order valence-corrected chi connectivity index (χ3v) is 0.889. The van der Waals surface area contributed by atoms with Gasteiger partial charge in [0.15, 0.2) is 0 Å². The smallest absolute Gasteiger partial charge is 0.309 e. The molecule has 0 aliphatic rings. The van der Waals surface area contributed by atoms with E-state index in [2.05, 4.69) is 6.92 Å². The molecule has 0 saturated carbocycles. The maximum absolute atomic E-state index is 12.1. The minimum atomic E-state index is -0.639. The van der Waals surface area contributed by atoms with Gasteiger partial charge in [0.1, 0.15) is 5.82 Å². The number of hydrogen-bond acceptors (Lipinski definition) is 0. The zero-order chi connectivity index (χ0) is 8.69. The first-order chi connectivity index (χ1) is 5.20. The van der Waals surface area contributed by atoms with Gasteiger partial charge in [-0.05, 0) is 24.6 Å². The summed E-state index contributed by atoms with van der Waals surface area (Å²) in [5.74, 6) is -0.225. The fraction of sp³-hybridized carbons (Fsp3) is 0. The van der Waals surface area contributed by atoms with E-state index in [4.69, 9.17) is 18.1 Å². The molecule has 0 atom stereocenters. The van der Waals surface area contributed by atoms with Gasteiger partial charge in [-0.3, -0.25) is 0 Å². The van der Waals surface area contributed by atoms with E-state index in [9.17, 15) is 4.39 Å². The summed E-state index contributed by atoms with van der Waals surface area (Å²) < 4.78 is 12.1. The first-order valence-corrected chi connectivity index (χ1v) is 7.17. The number of rotatable bonds is 0. The molecule has 0 fully saturated rings. The Labute approximate surface area is 83.0 Å². The van der Waals surface area contributed by atoms with E-state index in [1.165, 1.54) is 12.1 Å². The molecule has 0 amide bonds. The fourth-order valence-corrected chi connectivity index (χ4v) is 0.537. The Morgan fingerprint density at radius 3 is 2.18 bits per heavy atom. The molecule has 57 valence electrons. The van der Waals surface area contributed by atoms with Crippen molar-refractivity contribution in [2.75, 3.05) is 0 Å². The van der Waals surface area contributed by atoms with Crippen LogP contribution in [0.5, 0.6) is 0 Å².